The molecule has 5 aliphatic carbocycles. The van der Waals surface area contributed by atoms with Crippen LogP contribution in [0.1, 0.15) is 107 Å². The Hall–Kier alpha value is -2.03. The fraction of sp³-hybridized carbons (Fsp3) is 0.725. The maximum atomic E-state index is 13.6. The first-order valence-corrected chi connectivity index (χ1v) is 19.8. The van der Waals surface area contributed by atoms with Gasteiger partial charge in [0.25, 0.3) is 0 Å². The molecule has 7 nitrogen and oxygen atoms in total. The van der Waals surface area contributed by atoms with E-state index < -0.39 is 0 Å². The van der Waals surface area contributed by atoms with Crippen LogP contribution in [0.15, 0.2) is 28.9 Å². The molecule has 1 aromatic carbocycles. The number of carbonyl (C=O) groups is 1. The molecule has 48 heavy (non-hydrogen) atoms. The van der Waals surface area contributed by atoms with E-state index in [4.69, 9.17) is 4.98 Å². The maximum absolute atomic E-state index is 13.6. The summed E-state index contributed by atoms with van der Waals surface area (Å²) in [6.45, 7) is 8.74. The lowest BCUT2D eigenvalue weighted by molar-refractivity contribution is -0.174. The predicted octanol–water partition coefficient (Wildman–Crippen LogP) is 7.11. The van der Waals surface area contributed by atoms with Crippen molar-refractivity contribution in [1.82, 2.24) is 14.9 Å². The average Bonchev–Trinajstić information content (AvgIpc) is 3.63. The van der Waals surface area contributed by atoms with Crippen molar-refractivity contribution in [3.8, 4) is 0 Å². The fourth-order valence-electron chi connectivity index (χ4n) is 12.4. The first-order chi connectivity index (χ1) is 23.0. The Kier molecular flexibility index (Phi) is 8.72. The highest BCUT2D eigenvalue weighted by Crippen LogP contribution is 2.68. The van der Waals surface area contributed by atoms with Crippen LogP contribution in [0, 0.1) is 46.3 Å². The van der Waals surface area contributed by atoms with Gasteiger partial charge in [0.1, 0.15) is 0 Å². The van der Waals surface area contributed by atoms with Crippen LogP contribution in [0.3, 0.4) is 0 Å². The van der Waals surface area contributed by atoms with E-state index in [9.17, 15) is 15.0 Å². The zero-order chi connectivity index (χ0) is 33.4. The molecule has 4 saturated carbocycles. The molecule has 0 radical (unpaired) electrons. The third kappa shape index (κ3) is 5.74. The van der Waals surface area contributed by atoms with Gasteiger partial charge >= 0.3 is 0 Å². The number of aromatic nitrogens is 2. The van der Waals surface area contributed by atoms with Gasteiger partial charge in [0.05, 0.1) is 17.9 Å². The van der Waals surface area contributed by atoms with Crippen molar-refractivity contribution >= 4 is 27.8 Å². The van der Waals surface area contributed by atoms with E-state index in [0.29, 0.717) is 60.5 Å². The Morgan fingerprint density at radius 3 is 2.69 bits per heavy atom. The van der Waals surface area contributed by atoms with Crippen molar-refractivity contribution in [3.05, 3.63) is 51.3 Å². The number of aliphatic hydroxyl groups is 2. The summed E-state index contributed by atoms with van der Waals surface area (Å²) >= 11 is 3.59. The minimum atomic E-state index is -0.237. The van der Waals surface area contributed by atoms with E-state index >= 15 is 0 Å². The van der Waals surface area contributed by atoms with Crippen molar-refractivity contribution in [3.63, 3.8) is 0 Å². The van der Waals surface area contributed by atoms with Crippen molar-refractivity contribution in [2.45, 2.75) is 129 Å². The van der Waals surface area contributed by atoms with Gasteiger partial charge in [-0.25, -0.2) is 9.97 Å². The second-order valence-corrected chi connectivity index (χ2v) is 18.3. The summed E-state index contributed by atoms with van der Waals surface area (Å²) in [6.07, 6.45) is 14.4. The Morgan fingerprint density at radius 2 is 1.83 bits per heavy atom. The number of fused-ring (bicyclic) bond motifs is 7. The molecule has 0 saturated heterocycles. The quantitative estimate of drug-likeness (QED) is 0.295. The van der Waals surface area contributed by atoms with E-state index in [1.165, 1.54) is 36.8 Å². The van der Waals surface area contributed by atoms with Crippen LogP contribution in [0.5, 0.6) is 0 Å². The Bertz CT molecular complexity index is 1550. The number of hydrogen-bond donors (Lipinski definition) is 3. The van der Waals surface area contributed by atoms with Gasteiger partial charge < -0.3 is 20.4 Å². The van der Waals surface area contributed by atoms with E-state index in [2.05, 4.69) is 65.2 Å². The molecule has 2 aromatic rings. The molecule has 11 atom stereocenters. The highest BCUT2D eigenvalue weighted by molar-refractivity contribution is 9.10. The number of halogens is 1. The third-order valence-electron chi connectivity index (χ3n) is 15.0. The standard InChI is InChI=1S/C40H55BrN4O3/c1-23(31-7-8-32-37-33(11-14-40(31,32)3)39(2)13-10-30(46)19-27(39)20-35(37)47)4-9-36(48)45-15-12-34-26(22-45)21-42-38(44-34)43-29-17-24-5-6-28(41)16-25(24)18-29/h5-6,16,21,23,27,29-33,35,37,46-47H,4,7-15,17-20,22H2,1-3H3,(H,42,43,44)/t23-,27+,29?,30-,31-,32+,33+,35+,37+,39+,40-/m1/s1. The Morgan fingerprint density at radius 1 is 1.04 bits per heavy atom. The summed E-state index contributed by atoms with van der Waals surface area (Å²) in [4.78, 5) is 25.1. The van der Waals surface area contributed by atoms with Crippen LogP contribution in [0.2, 0.25) is 0 Å². The normalized spacial score (nSPS) is 39.1. The molecule has 0 bridgehead atoms. The first kappa shape index (κ1) is 33.1. The minimum absolute atomic E-state index is 0.188. The van der Waals surface area contributed by atoms with Gasteiger partial charge in [-0.2, -0.15) is 0 Å². The summed E-state index contributed by atoms with van der Waals surface area (Å²) in [5.74, 6) is 4.05. The number of rotatable bonds is 6. The van der Waals surface area contributed by atoms with Crippen LogP contribution < -0.4 is 5.32 Å². The average molecular weight is 720 g/mol. The summed E-state index contributed by atoms with van der Waals surface area (Å²) in [7, 11) is 0. The van der Waals surface area contributed by atoms with Crippen LogP contribution >= 0.6 is 15.9 Å². The highest BCUT2D eigenvalue weighted by Gasteiger charge is 2.62. The molecule has 260 valence electrons. The van der Waals surface area contributed by atoms with Crippen LogP contribution in [-0.4, -0.2) is 55.8 Å². The van der Waals surface area contributed by atoms with Crippen molar-refractivity contribution in [1.29, 1.82) is 0 Å². The number of anilines is 1. The number of nitrogens with one attached hydrogen (secondary N) is 1. The Labute approximate surface area is 295 Å². The van der Waals surface area contributed by atoms with Gasteiger partial charge in [0.2, 0.25) is 11.9 Å². The zero-order valence-electron chi connectivity index (χ0n) is 29.1. The van der Waals surface area contributed by atoms with E-state index in [-0.39, 0.29) is 28.9 Å². The van der Waals surface area contributed by atoms with Crippen LogP contribution in [0.4, 0.5) is 5.95 Å². The molecular weight excluding hydrogens is 664 g/mol. The molecule has 1 unspecified atom stereocenters. The van der Waals surface area contributed by atoms with Gasteiger partial charge in [-0.15, -0.1) is 0 Å². The molecule has 0 spiro atoms. The number of aliphatic hydroxyl groups excluding tert-OH is 2. The number of benzene rings is 1. The van der Waals surface area contributed by atoms with Gasteiger partial charge in [-0.05, 0) is 140 Å². The maximum Gasteiger partial charge on any atom is 0.223 e. The van der Waals surface area contributed by atoms with Crippen LogP contribution in [0.25, 0.3) is 0 Å². The molecule has 8 rings (SSSR count). The van der Waals surface area contributed by atoms with Crippen LogP contribution in [-0.2, 0) is 30.6 Å². The second-order valence-electron chi connectivity index (χ2n) is 17.4. The Balaban J connectivity index is 0.856. The van der Waals surface area contributed by atoms with E-state index in [1.807, 2.05) is 11.1 Å². The van der Waals surface area contributed by atoms with E-state index in [1.54, 1.807) is 0 Å². The lowest BCUT2D eigenvalue weighted by atomic mass is 9.43. The summed E-state index contributed by atoms with van der Waals surface area (Å²) < 4.78 is 1.12. The summed E-state index contributed by atoms with van der Waals surface area (Å²) in [5, 5.41) is 25.6. The van der Waals surface area contributed by atoms with Gasteiger partial charge in [0, 0.05) is 48.2 Å². The fourth-order valence-corrected chi connectivity index (χ4v) is 12.8. The second kappa shape index (κ2) is 12.6. The van der Waals surface area contributed by atoms with Crippen molar-refractivity contribution in [2.75, 3.05) is 11.9 Å². The molecule has 1 amide bonds. The topological polar surface area (TPSA) is 98.6 Å². The van der Waals surface area contributed by atoms with E-state index in [0.717, 1.165) is 73.6 Å². The molecule has 1 aliphatic heterocycles. The van der Waals surface area contributed by atoms with Gasteiger partial charge in [0.15, 0.2) is 0 Å². The highest BCUT2D eigenvalue weighted by atomic mass is 79.9. The predicted molar refractivity (Wildman–Crippen MR) is 191 cm³/mol. The van der Waals surface area contributed by atoms with Gasteiger partial charge in [-0.3, -0.25) is 4.79 Å². The molecule has 8 heteroatoms. The SMILES string of the molecule is C[C@H](CCC(=O)N1CCc2nc(NC3Cc4ccc(Br)cc4C3)ncc2C1)[C@H]1CC[C@H]2[C@@H]3[C@@H](O)C[C@@H]4C[C@H](O)CC[C@]4(C)[C@H]3CC[C@]12C. The monoisotopic (exact) mass is 718 g/mol. The van der Waals surface area contributed by atoms with Crippen molar-refractivity contribution in [2.24, 2.45) is 46.3 Å². The largest absolute Gasteiger partial charge is 0.393 e. The lowest BCUT2D eigenvalue weighted by Gasteiger charge is -2.62. The molecule has 2 heterocycles. The molecular formula is C40H55BrN4O3. The number of amides is 1. The molecule has 1 aromatic heterocycles. The number of carbonyl (C=O) groups excluding carboxylic acids is 1. The molecule has 4 fully saturated rings. The first-order valence-electron chi connectivity index (χ1n) is 19.0. The summed E-state index contributed by atoms with van der Waals surface area (Å²) in [6, 6.07) is 6.84. The number of hydrogen-bond acceptors (Lipinski definition) is 6. The molecule has 6 aliphatic rings. The minimum Gasteiger partial charge on any atom is -0.393 e. The third-order valence-corrected chi connectivity index (χ3v) is 15.4. The zero-order valence-corrected chi connectivity index (χ0v) is 30.7. The molecule has 3 N–H and O–H groups in total. The van der Waals surface area contributed by atoms with Crippen molar-refractivity contribution < 1.29 is 15.0 Å². The number of nitrogens with zero attached hydrogens (tertiary/aromatic N) is 3. The van der Waals surface area contributed by atoms with Gasteiger partial charge in [-0.1, -0.05) is 42.8 Å². The lowest BCUT2D eigenvalue weighted by Crippen LogP contribution is -2.58. The smallest absolute Gasteiger partial charge is 0.223 e. The summed E-state index contributed by atoms with van der Waals surface area (Å²) in [5.41, 5.74) is 5.42.